The van der Waals surface area contributed by atoms with Crippen molar-refractivity contribution < 1.29 is 19.4 Å². The van der Waals surface area contributed by atoms with Gasteiger partial charge < -0.3 is 14.7 Å². The molecule has 124 valence electrons. The molecule has 2 amide bonds. The van der Waals surface area contributed by atoms with Crippen LogP contribution >= 0.6 is 11.6 Å². The zero-order valence-corrected chi connectivity index (χ0v) is 13.7. The quantitative estimate of drug-likeness (QED) is 0.617. The highest BCUT2D eigenvalue weighted by Gasteiger charge is 2.75. The smallest absolute Gasteiger partial charge is 0.288 e. The molecule has 2 unspecified atom stereocenters. The fourth-order valence-corrected chi connectivity index (χ4v) is 4.60. The number of imide groups is 1. The van der Waals surface area contributed by atoms with Gasteiger partial charge in [-0.15, -0.1) is 4.98 Å². The van der Waals surface area contributed by atoms with Crippen molar-refractivity contribution in [1.29, 1.82) is 0 Å². The molecule has 3 fully saturated rings. The average molecular weight is 348 g/mol. The number of hydrogen-bond acceptors (Lipinski definition) is 5. The molecule has 0 saturated carbocycles. The topological polar surface area (TPSA) is 84.1 Å². The average Bonchev–Trinajstić information content (AvgIpc) is 3.01. The van der Waals surface area contributed by atoms with Gasteiger partial charge in [0, 0.05) is 6.42 Å². The van der Waals surface area contributed by atoms with E-state index >= 15 is 0 Å². The molecule has 1 N–H and O–H groups in total. The number of halogens is 1. The second kappa shape index (κ2) is 4.54. The Bertz CT molecular complexity index is 837. The lowest BCUT2D eigenvalue weighted by molar-refractivity contribution is -0.132. The molecule has 0 spiro atoms. The zero-order valence-electron chi connectivity index (χ0n) is 13.0. The maximum Gasteiger partial charge on any atom is 0.288 e. The van der Waals surface area contributed by atoms with Crippen molar-refractivity contribution in [2.24, 2.45) is 11.8 Å². The van der Waals surface area contributed by atoms with Gasteiger partial charge >= 0.3 is 0 Å². The molecule has 0 aliphatic carbocycles. The maximum atomic E-state index is 12.9. The molecule has 0 radical (unpaired) electrons. The molecule has 7 nitrogen and oxygen atoms in total. The monoisotopic (exact) mass is 347 g/mol. The molecule has 0 aromatic carbocycles. The van der Waals surface area contributed by atoms with E-state index in [0.717, 1.165) is 4.90 Å². The Morgan fingerprint density at radius 3 is 2.71 bits per heavy atom. The van der Waals surface area contributed by atoms with Crippen molar-refractivity contribution in [2.45, 2.75) is 37.6 Å². The summed E-state index contributed by atoms with van der Waals surface area (Å²) in [5, 5.41) is 10.4. The fourth-order valence-electron chi connectivity index (χ4n) is 4.40. The van der Waals surface area contributed by atoms with E-state index < -0.39 is 35.0 Å². The summed E-state index contributed by atoms with van der Waals surface area (Å²) in [6, 6.07) is 1.39. The predicted molar refractivity (Wildman–Crippen MR) is 83.5 cm³/mol. The van der Waals surface area contributed by atoms with Gasteiger partial charge in [-0.1, -0.05) is 18.2 Å². The number of ether oxygens (including phenoxy) is 1. The van der Waals surface area contributed by atoms with Crippen LogP contribution in [-0.2, 0) is 14.3 Å². The van der Waals surface area contributed by atoms with Gasteiger partial charge in [0.15, 0.2) is 0 Å². The van der Waals surface area contributed by atoms with E-state index in [2.05, 4.69) is 9.83 Å². The standard InChI is InChI=1S/C16H14ClN3O4/c1-15-5-9(21)16(2,24-15)11-10(15)13(22)20(14(11)23)7-4-8(17)12(18-3)19-6-7/h4,6,9-11,21H,5H2,1-2H3/t9-,10+,11-,15?,16?/m0/s1. The van der Waals surface area contributed by atoms with Crippen LogP contribution in [-0.4, -0.2) is 39.2 Å². The molecule has 4 rings (SSSR count). The molecule has 1 aromatic rings. The highest BCUT2D eigenvalue weighted by molar-refractivity contribution is 6.33. The van der Waals surface area contributed by atoms with Crippen molar-refractivity contribution in [2.75, 3.05) is 4.90 Å². The minimum Gasteiger partial charge on any atom is -0.390 e. The number of carbonyl (C=O) groups is 2. The summed E-state index contributed by atoms with van der Waals surface area (Å²) in [5.41, 5.74) is -1.71. The van der Waals surface area contributed by atoms with Gasteiger partial charge in [-0.3, -0.25) is 9.59 Å². The highest BCUT2D eigenvalue weighted by Crippen LogP contribution is 2.61. The Morgan fingerprint density at radius 1 is 1.42 bits per heavy atom. The molecule has 4 heterocycles. The lowest BCUT2D eigenvalue weighted by Gasteiger charge is -2.31. The summed E-state index contributed by atoms with van der Waals surface area (Å²) in [4.78, 5) is 34.0. The van der Waals surface area contributed by atoms with Gasteiger partial charge in [0.05, 0.1) is 34.3 Å². The summed E-state index contributed by atoms with van der Waals surface area (Å²) >= 11 is 5.98. The Kier molecular flexibility index (Phi) is 2.93. The molecule has 3 saturated heterocycles. The van der Waals surface area contributed by atoms with Crippen LogP contribution in [0.2, 0.25) is 5.02 Å². The predicted octanol–water partition coefficient (Wildman–Crippen LogP) is 1.70. The minimum atomic E-state index is -1.07. The first-order chi connectivity index (χ1) is 11.2. The summed E-state index contributed by atoms with van der Waals surface area (Å²) in [7, 11) is 0. The number of rotatable bonds is 1. The van der Waals surface area contributed by atoms with E-state index in [1.54, 1.807) is 13.8 Å². The first kappa shape index (κ1) is 15.5. The van der Waals surface area contributed by atoms with Gasteiger partial charge in [-0.05, 0) is 19.9 Å². The van der Waals surface area contributed by atoms with E-state index in [9.17, 15) is 14.7 Å². The number of anilines is 1. The number of aliphatic hydroxyl groups is 1. The number of hydrogen-bond donors (Lipinski definition) is 1. The van der Waals surface area contributed by atoms with Crippen LogP contribution in [0.15, 0.2) is 12.3 Å². The van der Waals surface area contributed by atoms with Crippen LogP contribution in [0, 0.1) is 18.4 Å². The lowest BCUT2D eigenvalue weighted by Crippen LogP contribution is -2.49. The van der Waals surface area contributed by atoms with Gasteiger partial charge in [-0.25, -0.2) is 4.90 Å². The molecular formula is C16H14ClN3O4. The van der Waals surface area contributed by atoms with Crippen LogP contribution in [0.1, 0.15) is 20.3 Å². The number of aliphatic hydroxyl groups excluding tert-OH is 1. The van der Waals surface area contributed by atoms with E-state index in [1.165, 1.54) is 12.3 Å². The summed E-state index contributed by atoms with van der Waals surface area (Å²) in [6.45, 7) is 10.4. The minimum absolute atomic E-state index is 0.0115. The number of fused-ring (bicyclic) bond motifs is 5. The van der Waals surface area contributed by atoms with E-state index in [-0.39, 0.29) is 22.4 Å². The molecule has 3 aliphatic rings. The normalized spacial score (nSPS) is 40.1. The molecule has 1 aromatic heterocycles. The number of nitrogens with zero attached hydrogens (tertiary/aromatic N) is 3. The SMILES string of the molecule is [C-]#[N+]c1ncc(N2C(=O)[C@@H]3[C@H](C2=O)C2(C)C[C@H](O)C3(C)O2)cc1Cl. The van der Waals surface area contributed by atoms with Crippen LogP contribution < -0.4 is 4.90 Å². The van der Waals surface area contributed by atoms with Crippen LogP contribution in [0.4, 0.5) is 11.5 Å². The van der Waals surface area contributed by atoms with Crippen LogP contribution in [0.25, 0.3) is 4.85 Å². The fraction of sp³-hybridized carbons (Fsp3) is 0.500. The third-order valence-electron chi connectivity index (χ3n) is 5.47. The summed E-state index contributed by atoms with van der Waals surface area (Å²) < 4.78 is 5.91. The van der Waals surface area contributed by atoms with Crippen molar-refractivity contribution in [1.82, 2.24) is 4.98 Å². The summed E-state index contributed by atoms with van der Waals surface area (Å²) in [5.74, 6) is -2.17. The lowest BCUT2D eigenvalue weighted by atomic mass is 9.67. The zero-order chi connectivity index (χ0) is 17.4. The first-order valence-electron chi connectivity index (χ1n) is 7.52. The third-order valence-corrected chi connectivity index (χ3v) is 5.74. The third kappa shape index (κ3) is 1.66. The van der Waals surface area contributed by atoms with E-state index in [4.69, 9.17) is 22.9 Å². The second-order valence-corrected chi connectivity index (χ2v) is 7.30. The summed E-state index contributed by atoms with van der Waals surface area (Å²) in [6.07, 6.45) is 0.805. The Labute approximate surface area is 143 Å². The molecule has 24 heavy (non-hydrogen) atoms. The highest BCUT2D eigenvalue weighted by atomic mass is 35.5. The molecule has 8 heteroatoms. The molecule has 3 aliphatic heterocycles. The van der Waals surface area contributed by atoms with Crippen molar-refractivity contribution in [3.05, 3.63) is 28.7 Å². The number of carbonyl (C=O) groups excluding carboxylic acids is 2. The Balaban J connectivity index is 1.79. The van der Waals surface area contributed by atoms with Crippen molar-refractivity contribution >= 4 is 34.9 Å². The number of aromatic nitrogens is 1. The molecular weight excluding hydrogens is 334 g/mol. The van der Waals surface area contributed by atoms with Crippen molar-refractivity contribution in [3.63, 3.8) is 0 Å². The van der Waals surface area contributed by atoms with E-state index in [1.807, 2.05) is 0 Å². The number of pyridine rings is 1. The van der Waals surface area contributed by atoms with Crippen molar-refractivity contribution in [3.8, 4) is 0 Å². The van der Waals surface area contributed by atoms with Gasteiger partial charge in [0.25, 0.3) is 5.82 Å². The van der Waals surface area contributed by atoms with Crippen LogP contribution in [0.3, 0.4) is 0 Å². The molecule has 2 bridgehead atoms. The molecule has 5 atom stereocenters. The van der Waals surface area contributed by atoms with E-state index in [0.29, 0.717) is 6.42 Å². The Morgan fingerprint density at radius 2 is 2.08 bits per heavy atom. The largest absolute Gasteiger partial charge is 0.390 e. The maximum absolute atomic E-state index is 12.9. The number of amides is 2. The second-order valence-electron chi connectivity index (χ2n) is 6.90. The first-order valence-corrected chi connectivity index (χ1v) is 7.90. The van der Waals surface area contributed by atoms with Gasteiger partial charge in [0.2, 0.25) is 11.8 Å². The van der Waals surface area contributed by atoms with Crippen LogP contribution in [0.5, 0.6) is 0 Å². The van der Waals surface area contributed by atoms with Gasteiger partial charge in [0.1, 0.15) is 11.8 Å². The van der Waals surface area contributed by atoms with Gasteiger partial charge in [-0.2, -0.15) is 0 Å². The Hall–Kier alpha value is -2.01.